The van der Waals surface area contributed by atoms with Crippen LogP contribution >= 0.6 is 0 Å². The van der Waals surface area contributed by atoms with Gasteiger partial charge < -0.3 is 78.7 Å². The van der Waals surface area contributed by atoms with Gasteiger partial charge in [-0.1, -0.05) is 77.5 Å². The lowest BCUT2D eigenvalue weighted by Gasteiger charge is -2.42. The number of ether oxygens (including phenoxy) is 9. The summed E-state index contributed by atoms with van der Waals surface area (Å²) in [5.41, 5.74) is 11.6. The molecule has 4 unspecified atom stereocenters. The Bertz CT molecular complexity index is 3810. The molecule has 2 bridgehead atoms. The second-order valence-electron chi connectivity index (χ2n) is 30.2. The largest absolute Gasteiger partial charge is 0.497 e. The van der Waals surface area contributed by atoms with Crippen molar-refractivity contribution in [1.29, 1.82) is 0 Å². The van der Waals surface area contributed by atoms with Crippen molar-refractivity contribution in [3.05, 3.63) is 90.1 Å². The highest BCUT2D eigenvalue weighted by Crippen LogP contribution is 2.39. The molecule has 0 radical (unpaired) electrons. The van der Waals surface area contributed by atoms with Gasteiger partial charge in [0.1, 0.15) is 59.5 Å². The molecule has 7 heterocycles. The number of esters is 1. The zero-order valence-electron chi connectivity index (χ0n) is 64.7. The number of Topliss-reactive ketones (excluding diaryl/α,β-unsaturated/α-hetero) is 4. The molecular formula is C81H117N9O17. The van der Waals surface area contributed by atoms with E-state index in [0.717, 1.165) is 59.3 Å². The van der Waals surface area contributed by atoms with Crippen LogP contribution in [0.5, 0.6) is 5.75 Å². The smallest absolute Gasteiger partial charge is 0.329 e. The Morgan fingerprint density at radius 2 is 1.64 bits per heavy atom. The van der Waals surface area contributed by atoms with Crippen molar-refractivity contribution in [2.75, 3.05) is 87.0 Å². The Kier molecular flexibility index (Phi) is 31.4. The molecule has 4 aromatic rings. The molecular weight excluding hydrogens is 1370 g/mol. The fraction of sp³-hybridized carbons (Fsp3) is 0.642. The van der Waals surface area contributed by atoms with Crippen molar-refractivity contribution in [3.8, 4) is 17.1 Å². The van der Waals surface area contributed by atoms with Gasteiger partial charge in [-0.3, -0.25) is 24.0 Å². The number of allylic oxidation sites excluding steroid dienone is 6. The number of hydrogen-bond donors (Lipinski definition) is 5. The summed E-state index contributed by atoms with van der Waals surface area (Å²) in [6, 6.07) is 6.67. The van der Waals surface area contributed by atoms with Crippen LogP contribution in [0, 0.1) is 35.5 Å². The standard InChI is InChI=1S/C81H117N9O17/c1-50-20-14-12-15-21-51(2)68(100-9)44-62-26-24-56(7)81(98,107-62)76(95)79(96)89-31-19-17-23-65(89)80(97)106-69(45-66(92)52(3)39-55(6)74(94)75(102-11)73(93)54(5)38-50)53(4)40-57-25-29-67(70(41-57)101-10)105-37-36-104-47-59-46-88(49-85-59)33-35-103-34-30-60(91)22-16-13-18-32-90-78-71(77(82)83-48-84-78)72(87-90)64-43-58-42-61(99-8)27-28-63(58)86-64/h12,14-15,20-21,27-28,39,42-43,46,48,50,52-54,56-57,62,65,67-70,74-75,85-86,94,98H,13,16-19,22-26,29-38,40-41,44-45,47,49H2,1-11H3,(H2,82,83,84)/b15-12+,20-14+,51-21+,55-39+/t50-,52?,53-,54-,56-,57+,62+,65+,67?,68?,69?,70-,74-,75+,81-/m1/s1. The van der Waals surface area contributed by atoms with E-state index in [-0.39, 0.29) is 66.7 Å². The third kappa shape index (κ3) is 22.4. The average molecular weight is 1490 g/mol. The van der Waals surface area contributed by atoms with Crippen molar-refractivity contribution in [2.45, 2.75) is 219 Å². The monoisotopic (exact) mass is 1490 g/mol. The van der Waals surface area contributed by atoms with Crippen LogP contribution in [0.25, 0.3) is 33.3 Å². The summed E-state index contributed by atoms with van der Waals surface area (Å²) < 4.78 is 55.9. The number of benzene rings is 1. The number of nitrogen functional groups attached to an aromatic ring is 1. The minimum absolute atomic E-state index is 0.00408. The molecule has 0 spiro atoms. The predicted molar refractivity (Wildman–Crippen MR) is 405 cm³/mol. The molecule has 5 aliphatic rings. The maximum atomic E-state index is 14.8. The number of nitrogens with zero attached hydrogens (tertiary/aromatic N) is 6. The van der Waals surface area contributed by atoms with E-state index in [1.165, 1.54) is 18.3 Å². The minimum Gasteiger partial charge on any atom is -0.497 e. The molecule has 6 N–H and O–H groups in total. The fourth-order valence-electron chi connectivity index (χ4n) is 15.6. The number of amides is 1. The highest BCUT2D eigenvalue weighted by Gasteiger charge is 2.53. The lowest BCUT2D eigenvalue weighted by Crippen LogP contribution is -2.61. The van der Waals surface area contributed by atoms with E-state index in [2.05, 4.69) is 25.2 Å². The summed E-state index contributed by atoms with van der Waals surface area (Å²) in [4.78, 5) is 101. The lowest BCUT2D eigenvalue weighted by molar-refractivity contribution is -0.265. The summed E-state index contributed by atoms with van der Waals surface area (Å²) in [6.07, 6.45) is 18.3. The summed E-state index contributed by atoms with van der Waals surface area (Å²) in [7, 11) is 6.27. The van der Waals surface area contributed by atoms with Gasteiger partial charge in [-0.05, 0) is 144 Å². The molecule has 1 aliphatic carbocycles. The Morgan fingerprint density at radius 1 is 0.832 bits per heavy atom. The van der Waals surface area contributed by atoms with Crippen LogP contribution in [0.4, 0.5) is 5.82 Å². The Hall–Kier alpha value is -7.53. The molecule has 1 saturated carbocycles. The second kappa shape index (κ2) is 40.2. The molecule has 26 nitrogen and oxygen atoms in total. The van der Waals surface area contributed by atoms with Gasteiger partial charge in [-0.15, -0.1) is 0 Å². The van der Waals surface area contributed by atoms with Crippen molar-refractivity contribution >= 4 is 62.8 Å². The number of nitrogens with two attached hydrogens (primary N) is 1. The third-order valence-electron chi connectivity index (χ3n) is 22.1. The first-order valence-electron chi connectivity index (χ1n) is 38.5. The van der Waals surface area contributed by atoms with Crippen molar-refractivity contribution in [2.24, 2.45) is 35.5 Å². The number of aryl methyl sites for hydroxylation is 1. The summed E-state index contributed by atoms with van der Waals surface area (Å²) in [5, 5.41) is 33.8. The van der Waals surface area contributed by atoms with Crippen molar-refractivity contribution < 1.29 is 81.6 Å². The number of piperidine rings is 1. The van der Waals surface area contributed by atoms with Gasteiger partial charge in [-0.2, -0.15) is 5.10 Å². The van der Waals surface area contributed by atoms with Crippen LogP contribution in [0.3, 0.4) is 0 Å². The molecule has 4 aliphatic heterocycles. The van der Waals surface area contributed by atoms with Crippen LogP contribution in [-0.2, 0) is 73.2 Å². The topological polar surface area (TPSA) is 330 Å². The van der Waals surface area contributed by atoms with Crippen molar-refractivity contribution in [3.63, 3.8) is 0 Å². The minimum atomic E-state index is -2.46. The molecule has 1 aromatic carbocycles. The molecule has 26 heteroatoms. The summed E-state index contributed by atoms with van der Waals surface area (Å²) in [5.74, 6) is -6.93. The second-order valence-corrected chi connectivity index (χ2v) is 30.2. The number of unbranched alkanes of at least 4 members (excludes halogenated alkanes) is 2. The number of aromatic amines is 1. The van der Waals surface area contributed by atoms with Crippen LogP contribution in [0.1, 0.15) is 158 Å². The van der Waals surface area contributed by atoms with E-state index < -0.39 is 77.8 Å². The number of ketones is 4. The number of rotatable bonds is 26. The quantitative estimate of drug-likeness (QED) is 0.0169. The number of aliphatic hydroxyl groups is 2. The van der Waals surface area contributed by atoms with E-state index >= 15 is 0 Å². The van der Waals surface area contributed by atoms with Crippen LogP contribution in [0.15, 0.2) is 90.1 Å². The fourth-order valence-corrected chi connectivity index (χ4v) is 15.6. The van der Waals surface area contributed by atoms with Gasteiger partial charge in [0.2, 0.25) is 5.79 Å². The van der Waals surface area contributed by atoms with Crippen LogP contribution in [-0.4, -0.2) is 216 Å². The molecule has 3 aromatic heterocycles. The number of anilines is 1. The zero-order valence-corrected chi connectivity index (χ0v) is 64.7. The number of carbonyl (C=O) groups excluding carboxylic acids is 6. The Balaban J connectivity index is 0.732. The summed E-state index contributed by atoms with van der Waals surface area (Å²) in [6.45, 7) is 16.6. The van der Waals surface area contributed by atoms with Gasteiger partial charge in [0, 0.05) is 102 Å². The molecule has 9 rings (SSSR count). The van der Waals surface area contributed by atoms with E-state index in [1.54, 1.807) is 48.2 Å². The highest BCUT2D eigenvalue weighted by molar-refractivity contribution is 6.39. The zero-order chi connectivity index (χ0) is 76.9. The third-order valence-corrected chi connectivity index (χ3v) is 22.1. The lowest BCUT2D eigenvalue weighted by atomic mass is 9.78. The number of fused-ring (bicyclic) bond motifs is 5. The van der Waals surface area contributed by atoms with Crippen molar-refractivity contribution in [1.82, 2.24) is 39.8 Å². The first kappa shape index (κ1) is 83.5. The molecule has 588 valence electrons. The normalized spacial score (nSPS) is 29.9. The molecule has 3 fully saturated rings. The first-order chi connectivity index (χ1) is 51.4. The number of carbonyl (C=O) groups is 6. The van der Waals surface area contributed by atoms with Gasteiger partial charge in [0.05, 0.1) is 88.0 Å². The number of aromatic nitrogens is 5. The number of cyclic esters (lactones) is 1. The van der Waals surface area contributed by atoms with Gasteiger partial charge >= 0.3 is 5.97 Å². The van der Waals surface area contributed by atoms with Gasteiger partial charge in [0.15, 0.2) is 11.4 Å². The Labute approximate surface area is 629 Å². The number of aliphatic hydroxyl groups excluding tert-OH is 1. The number of H-pyrrole nitrogens is 1. The molecule has 15 atom stereocenters. The van der Waals surface area contributed by atoms with E-state index in [0.29, 0.717) is 152 Å². The number of methoxy groups -OCH3 is 4. The van der Waals surface area contributed by atoms with Gasteiger partial charge in [-0.25, -0.2) is 19.4 Å². The van der Waals surface area contributed by atoms with Crippen LogP contribution in [0.2, 0.25) is 0 Å². The average Bonchev–Trinajstić information content (AvgIpc) is 1.71. The highest BCUT2D eigenvalue weighted by atomic mass is 16.6. The van der Waals surface area contributed by atoms with E-state index in [9.17, 15) is 39.0 Å². The Morgan fingerprint density at radius 3 is 2.42 bits per heavy atom. The van der Waals surface area contributed by atoms with Crippen LogP contribution < -0.4 is 15.8 Å². The number of hydrogen-bond acceptors (Lipinski definition) is 23. The molecule has 107 heavy (non-hydrogen) atoms. The SMILES string of the molecule is COc1ccc2[nH]c(-c3nn(CCCCCC(=O)CCOCCN4C=C(COCCOC5CC[C@@H](C[C@@H](C)C6CC(=O)C(C)/C=C(\C)[C@@H](O)[C@@H](OC)C(=O)[C@H](C)C[C@H](C)/C=C/C=C/C=C(\C)C(OC)C[C@@H]7CC[C@@H](C)[C@@](O)(O7)C(=O)C(=O)N7CCCC[C@H]7C(=O)O6)C[C@H]5OC)NC4)c4ncnc(N)c34)cc2c1. The number of nitrogens with one attached hydrogen (secondary N) is 2. The molecule has 1 amide bonds. The maximum absolute atomic E-state index is 14.8. The molecule has 2 saturated heterocycles. The van der Waals surface area contributed by atoms with E-state index in [4.69, 9.17) is 53.5 Å². The maximum Gasteiger partial charge on any atom is 0.329 e. The van der Waals surface area contributed by atoms with Gasteiger partial charge in [0.25, 0.3) is 11.7 Å². The summed E-state index contributed by atoms with van der Waals surface area (Å²) >= 11 is 0. The predicted octanol–water partition coefficient (Wildman–Crippen LogP) is 10.0. The first-order valence-corrected chi connectivity index (χ1v) is 38.5. The van der Waals surface area contributed by atoms with E-state index in [1.807, 2.05) is 93.2 Å².